The Bertz CT molecular complexity index is 1010. The van der Waals surface area contributed by atoms with Crippen LogP contribution in [0.15, 0.2) is 57.7 Å². The summed E-state index contributed by atoms with van der Waals surface area (Å²) in [5.74, 6) is -1.07. The molecule has 0 unspecified atom stereocenters. The molecule has 3 aromatic rings. The van der Waals surface area contributed by atoms with Gasteiger partial charge in [0.25, 0.3) is 0 Å². The summed E-state index contributed by atoms with van der Waals surface area (Å²) in [7, 11) is 0. The van der Waals surface area contributed by atoms with E-state index in [1.165, 1.54) is 28.8 Å². The minimum absolute atomic E-state index is 0.173. The smallest absolute Gasteiger partial charge is 0.408 e. The molecular weight excluding hydrogens is 371 g/mol. The average Bonchev–Trinajstić information content (AvgIpc) is 2.97. The Morgan fingerprint density at radius 2 is 1.85 bits per heavy atom. The molecular formula is C18H17FN4O3S. The summed E-state index contributed by atoms with van der Waals surface area (Å²) in [5.41, 5.74) is 6.85. The quantitative estimate of drug-likeness (QED) is 0.460. The number of thiocarbonyl (C=S) groups is 1. The van der Waals surface area contributed by atoms with Gasteiger partial charge in [0.2, 0.25) is 5.91 Å². The van der Waals surface area contributed by atoms with Gasteiger partial charge < -0.3 is 9.73 Å². The molecule has 0 bridgehead atoms. The number of carbonyl (C=O) groups excluding carboxylic acids is 1. The van der Waals surface area contributed by atoms with Crippen LogP contribution >= 0.6 is 12.2 Å². The second-order valence-corrected chi connectivity index (χ2v) is 6.13. The highest BCUT2D eigenvalue weighted by Crippen LogP contribution is 2.12. The highest BCUT2D eigenvalue weighted by Gasteiger charge is 2.09. The van der Waals surface area contributed by atoms with Gasteiger partial charge in [0.15, 0.2) is 10.7 Å². The molecule has 0 atom stereocenters. The highest BCUT2D eigenvalue weighted by atomic mass is 32.1. The van der Waals surface area contributed by atoms with Gasteiger partial charge in [0.05, 0.1) is 5.52 Å². The van der Waals surface area contributed by atoms with Crippen LogP contribution in [0.25, 0.3) is 11.1 Å². The van der Waals surface area contributed by atoms with Crippen LogP contribution in [0.1, 0.15) is 12.8 Å². The second kappa shape index (κ2) is 8.45. The Balaban J connectivity index is 1.43. The van der Waals surface area contributed by atoms with Crippen molar-refractivity contribution in [3.8, 4) is 0 Å². The van der Waals surface area contributed by atoms with Gasteiger partial charge in [0, 0.05) is 18.7 Å². The number of halogens is 1. The van der Waals surface area contributed by atoms with E-state index in [2.05, 4.69) is 16.2 Å². The average molecular weight is 388 g/mol. The molecule has 0 radical (unpaired) electrons. The molecule has 0 aliphatic rings. The maximum absolute atomic E-state index is 12.8. The fourth-order valence-corrected chi connectivity index (χ4v) is 2.68. The van der Waals surface area contributed by atoms with Crippen molar-refractivity contribution >= 4 is 40.0 Å². The van der Waals surface area contributed by atoms with Crippen LogP contribution in [0.3, 0.4) is 0 Å². The third-order valence-corrected chi connectivity index (χ3v) is 3.98. The Hall–Kier alpha value is -3.20. The molecule has 0 saturated carbocycles. The lowest BCUT2D eigenvalue weighted by Gasteiger charge is -2.11. The second-order valence-electron chi connectivity index (χ2n) is 5.73. The number of aromatic nitrogens is 1. The van der Waals surface area contributed by atoms with Crippen LogP contribution in [0.5, 0.6) is 0 Å². The van der Waals surface area contributed by atoms with Crippen molar-refractivity contribution in [2.24, 2.45) is 0 Å². The molecule has 0 spiro atoms. The zero-order valence-corrected chi connectivity index (χ0v) is 15.0. The van der Waals surface area contributed by atoms with E-state index >= 15 is 0 Å². The van der Waals surface area contributed by atoms with Crippen molar-refractivity contribution in [3.63, 3.8) is 0 Å². The molecule has 0 saturated heterocycles. The fraction of sp³-hybridized carbons (Fsp3) is 0.167. The molecule has 1 aromatic heterocycles. The number of hydrogen-bond acceptors (Lipinski definition) is 4. The van der Waals surface area contributed by atoms with Crippen molar-refractivity contribution in [3.05, 3.63) is 64.9 Å². The van der Waals surface area contributed by atoms with Gasteiger partial charge in [-0.25, -0.2) is 9.18 Å². The lowest BCUT2D eigenvalue weighted by molar-refractivity contribution is -0.121. The van der Waals surface area contributed by atoms with Crippen LogP contribution in [0.4, 0.5) is 10.1 Å². The number of hydrazine groups is 1. The number of aryl methyl sites for hydroxylation is 1. The van der Waals surface area contributed by atoms with E-state index < -0.39 is 5.76 Å². The first-order valence-electron chi connectivity index (χ1n) is 8.23. The van der Waals surface area contributed by atoms with Crippen molar-refractivity contribution in [2.45, 2.75) is 19.4 Å². The summed E-state index contributed by atoms with van der Waals surface area (Å²) < 4.78 is 19.5. The van der Waals surface area contributed by atoms with E-state index in [1.807, 2.05) is 6.07 Å². The van der Waals surface area contributed by atoms with Crippen molar-refractivity contribution in [2.75, 3.05) is 5.32 Å². The van der Waals surface area contributed by atoms with E-state index in [4.69, 9.17) is 16.6 Å². The number of nitrogens with zero attached hydrogens (tertiary/aromatic N) is 1. The molecule has 3 rings (SSSR count). The first kappa shape index (κ1) is 18.6. The van der Waals surface area contributed by atoms with Crippen molar-refractivity contribution in [1.82, 2.24) is 15.4 Å². The zero-order valence-electron chi connectivity index (χ0n) is 14.2. The van der Waals surface area contributed by atoms with Crippen molar-refractivity contribution in [1.29, 1.82) is 0 Å². The molecule has 27 heavy (non-hydrogen) atoms. The van der Waals surface area contributed by atoms with Crippen LogP contribution in [0, 0.1) is 5.82 Å². The number of nitrogens with one attached hydrogen (secondary N) is 3. The molecule has 1 heterocycles. The third kappa shape index (κ3) is 4.91. The Morgan fingerprint density at radius 1 is 1.11 bits per heavy atom. The number of hydrogen-bond donors (Lipinski definition) is 3. The number of anilines is 1. The standard InChI is InChI=1S/C18H17FN4O3S/c19-12-7-9-13(10-8-12)20-17(27)22-21-16(24)6-3-11-23-14-4-1-2-5-15(14)26-18(23)25/h1-2,4-5,7-10H,3,6,11H2,(H,21,24)(H2,20,22,27). The van der Waals surface area contributed by atoms with Gasteiger partial charge in [-0.05, 0) is 55.0 Å². The molecule has 140 valence electrons. The third-order valence-electron chi connectivity index (χ3n) is 3.78. The molecule has 1 amide bonds. The number of amides is 1. The first-order chi connectivity index (χ1) is 13.0. The Morgan fingerprint density at radius 3 is 2.63 bits per heavy atom. The monoisotopic (exact) mass is 388 g/mol. The summed E-state index contributed by atoms with van der Waals surface area (Å²) >= 11 is 5.05. The fourth-order valence-electron chi connectivity index (χ4n) is 2.51. The summed E-state index contributed by atoms with van der Waals surface area (Å²) in [4.78, 5) is 23.8. The molecule has 2 aromatic carbocycles. The minimum Gasteiger partial charge on any atom is -0.408 e. The zero-order chi connectivity index (χ0) is 19.2. The first-order valence-corrected chi connectivity index (χ1v) is 8.63. The van der Waals surface area contributed by atoms with Crippen LogP contribution in [-0.2, 0) is 11.3 Å². The molecule has 3 N–H and O–H groups in total. The van der Waals surface area contributed by atoms with Gasteiger partial charge in [-0.3, -0.25) is 20.2 Å². The topological polar surface area (TPSA) is 88.3 Å². The van der Waals surface area contributed by atoms with Crippen molar-refractivity contribution < 1.29 is 13.6 Å². The summed E-state index contributed by atoms with van der Waals surface area (Å²) in [5, 5.41) is 2.98. The maximum atomic E-state index is 12.8. The number of rotatable bonds is 5. The van der Waals surface area contributed by atoms with E-state index in [9.17, 15) is 14.0 Å². The molecule has 0 fully saturated rings. The van der Waals surface area contributed by atoms with Gasteiger partial charge in [-0.15, -0.1) is 0 Å². The molecule has 0 aliphatic heterocycles. The molecule has 7 nitrogen and oxygen atoms in total. The van der Waals surface area contributed by atoms with Crippen LogP contribution < -0.4 is 21.9 Å². The number of benzene rings is 2. The summed E-state index contributed by atoms with van der Waals surface area (Å²) in [6, 6.07) is 12.8. The number of carbonyl (C=O) groups is 1. The Kier molecular flexibility index (Phi) is 5.82. The van der Waals surface area contributed by atoms with Crippen LogP contribution in [0.2, 0.25) is 0 Å². The van der Waals surface area contributed by atoms with E-state index in [0.29, 0.717) is 29.8 Å². The van der Waals surface area contributed by atoms with Crippen LogP contribution in [-0.4, -0.2) is 15.6 Å². The lowest BCUT2D eigenvalue weighted by atomic mass is 10.3. The summed E-state index contributed by atoms with van der Waals surface area (Å²) in [6.07, 6.45) is 0.646. The molecule has 9 heteroatoms. The largest absolute Gasteiger partial charge is 0.419 e. The van der Waals surface area contributed by atoms with Gasteiger partial charge >= 0.3 is 5.76 Å². The lowest BCUT2D eigenvalue weighted by Crippen LogP contribution is -2.43. The van der Waals surface area contributed by atoms with E-state index in [1.54, 1.807) is 18.2 Å². The number of fused-ring (bicyclic) bond motifs is 1. The number of para-hydroxylation sites is 2. The highest BCUT2D eigenvalue weighted by molar-refractivity contribution is 7.80. The minimum atomic E-state index is -0.445. The summed E-state index contributed by atoms with van der Waals surface area (Å²) in [6.45, 7) is 0.363. The van der Waals surface area contributed by atoms with E-state index in [0.717, 1.165) is 0 Å². The predicted octanol–water partition coefficient (Wildman–Crippen LogP) is 2.53. The SMILES string of the molecule is O=C(CCCn1c(=O)oc2ccccc21)NNC(=S)Nc1ccc(F)cc1. The van der Waals surface area contributed by atoms with Gasteiger partial charge in [-0.2, -0.15) is 0 Å². The van der Waals surface area contributed by atoms with E-state index in [-0.39, 0.29) is 23.3 Å². The van der Waals surface area contributed by atoms with Gasteiger partial charge in [-0.1, -0.05) is 12.1 Å². The van der Waals surface area contributed by atoms with Gasteiger partial charge in [0.1, 0.15) is 5.82 Å². The predicted molar refractivity (Wildman–Crippen MR) is 104 cm³/mol. The molecule has 0 aliphatic carbocycles. The normalized spacial score (nSPS) is 10.6. The maximum Gasteiger partial charge on any atom is 0.419 e. The number of oxazole rings is 1. The Labute approximate surface area is 159 Å².